The highest BCUT2D eigenvalue weighted by Crippen LogP contribution is 2.34. The number of aliphatic carboxylic acids is 1. The highest BCUT2D eigenvalue weighted by molar-refractivity contribution is 5.97. The lowest BCUT2D eigenvalue weighted by atomic mass is 9.75. The van der Waals surface area contributed by atoms with Crippen molar-refractivity contribution >= 4 is 11.9 Å². The number of hydrogen-bond donors (Lipinski definition) is 2. The van der Waals surface area contributed by atoms with Gasteiger partial charge >= 0.3 is 5.97 Å². The summed E-state index contributed by atoms with van der Waals surface area (Å²) in [5.74, 6) is -1.70. The number of carbonyl (C=O) groups is 2. The van der Waals surface area contributed by atoms with Crippen LogP contribution in [0.25, 0.3) is 0 Å². The predicted molar refractivity (Wildman–Crippen MR) is 74.3 cm³/mol. The van der Waals surface area contributed by atoms with E-state index in [9.17, 15) is 19.1 Å². The van der Waals surface area contributed by atoms with Crippen LogP contribution in [0.3, 0.4) is 0 Å². The first-order valence-electron chi connectivity index (χ1n) is 7.14. The van der Waals surface area contributed by atoms with Crippen LogP contribution in [0.2, 0.25) is 0 Å². The number of nitrogens with one attached hydrogen (secondary N) is 1. The molecule has 0 aliphatic heterocycles. The fourth-order valence-electron chi connectivity index (χ4n) is 2.77. The number of aromatic nitrogens is 1. The summed E-state index contributed by atoms with van der Waals surface area (Å²) in [7, 11) is 0. The van der Waals surface area contributed by atoms with Gasteiger partial charge < -0.3 is 10.4 Å². The number of nitrogens with zero attached hydrogens (tertiary/aromatic N) is 1. The van der Waals surface area contributed by atoms with Gasteiger partial charge in [-0.3, -0.25) is 4.79 Å². The lowest BCUT2D eigenvalue weighted by molar-refractivity contribution is -0.146. The van der Waals surface area contributed by atoms with Gasteiger partial charge in [0.25, 0.3) is 5.91 Å². The molecular weight excluding hydrogens is 275 g/mol. The van der Waals surface area contributed by atoms with Crippen LogP contribution in [0.1, 0.15) is 49.4 Å². The van der Waals surface area contributed by atoms with E-state index >= 15 is 0 Å². The van der Waals surface area contributed by atoms with Crippen molar-refractivity contribution in [3.05, 3.63) is 29.8 Å². The van der Waals surface area contributed by atoms with E-state index in [1.807, 2.05) is 0 Å². The SMILES string of the molecule is CCC1CCC(NC(=O)c2ccc(F)nc2)(C(=O)O)CC1. The van der Waals surface area contributed by atoms with E-state index in [1.165, 1.54) is 6.07 Å². The zero-order chi connectivity index (χ0) is 15.5. The highest BCUT2D eigenvalue weighted by atomic mass is 19.1. The van der Waals surface area contributed by atoms with Gasteiger partial charge in [-0.15, -0.1) is 0 Å². The summed E-state index contributed by atoms with van der Waals surface area (Å²) in [6.45, 7) is 2.08. The second kappa shape index (κ2) is 6.20. The molecule has 2 rings (SSSR count). The fraction of sp³-hybridized carbons (Fsp3) is 0.533. The summed E-state index contributed by atoms with van der Waals surface area (Å²) >= 11 is 0. The van der Waals surface area contributed by atoms with E-state index in [4.69, 9.17) is 0 Å². The Bertz CT molecular complexity index is 522. The molecule has 114 valence electrons. The molecule has 5 nitrogen and oxygen atoms in total. The van der Waals surface area contributed by atoms with Gasteiger partial charge in [-0.05, 0) is 43.7 Å². The Kier molecular flexibility index (Phi) is 4.55. The number of hydrogen-bond acceptors (Lipinski definition) is 3. The average molecular weight is 294 g/mol. The van der Waals surface area contributed by atoms with Crippen LogP contribution in [0.15, 0.2) is 18.3 Å². The van der Waals surface area contributed by atoms with Crippen molar-refractivity contribution in [1.29, 1.82) is 0 Å². The van der Waals surface area contributed by atoms with E-state index in [-0.39, 0.29) is 5.56 Å². The summed E-state index contributed by atoms with van der Waals surface area (Å²) in [6.07, 6.45) is 4.53. The molecular formula is C15H19FN2O3. The van der Waals surface area contributed by atoms with Crippen LogP contribution >= 0.6 is 0 Å². The molecule has 0 unspecified atom stereocenters. The Hall–Kier alpha value is -1.98. The maximum atomic E-state index is 12.8. The van der Waals surface area contributed by atoms with Gasteiger partial charge in [0.05, 0.1) is 5.56 Å². The van der Waals surface area contributed by atoms with Crippen LogP contribution in [-0.2, 0) is 4.79 Å². The second-order valence-corrected chi connectivity index (χ2v) is 5.56. The van der Waals surface area contributed by atoms with Crippen molar-refractivity contribution in [2.45, 2.75) is 44.6 Å². The van der Waals surface area contributed by atoms with E-state index < -0.39 is 23.4 Å². The third-order valence-corrected chi connectivity index (χ3v) is 4.29. The standard InChI is InChI=1S/C15H19FN2O3/c1-2-10-5-7-15(8-6-10,14(20)21)18-13(19)11-3-4-12(16)17-9-11/h3-4,9-10H,2,5-8H2,1H3,(H,18,19)(H,20,21). The van der Waals surface area contributed by atoms with Gasteiger partial charge in [0.1, 0.15) is 5.54 Å². The first-order valence-corrected chi connectivity index (χ1v) is 7.14. The minimum Gasteiger partial charge on any atom is -0.480 e. The molecule has 1 amide bonds. The summed E-state index contributed by atoms with van der Waals surface area (Å²) < 4.78 is 12.8. The zero-order valence-corrected chi connectivity index (χ0v) is 11.9. The minimum atomic E-state index is -1.23. The quantitative estimate of drug-likeness (QED) is 0.836. The fourth-order valence-corrected chi connectivity index (χ4v) is 2.77. The van der Waals surface area contributed by atoms with E-state index in [1.54, 1.807) is 0 Å². The molecule has 0 aromatic carbocycles. The van der Waals surface area contributed by atoms with Crippen molar-refractivity contribution in [3.63, 3.8) is 0 Å². The number of amides is 1. The Morgan fingerprint density at radius 2 is 2.10 bits per heavy atom. The van der Waals surface area contributed by atoms with Crippen molar-refractivity contribution in [2.75, 3.05) is 0 Å². The molecule has 0 spiro atoms. The number of pyridine rings is 1. The summed E-state index contributed by atoms with van der Waals surface area (Å²) in [4.78, 5) is 27.2. The number of halogens is 1. The van der Waals surface area contributed by atoms with Gasteiger partial charge in [-0.25, -0.2) is 9.78 Å². The molecule has 1 saturated carbocycles. The maximum absolute atomic E-state index is 12.8. The predicted octanol–water partition coefficient (Wildman–Crippen LogP) is 2.37. The second-order valence-electron chi connectivity index (χ2n) is 5.56. The third-order valence-electron chi connectivity index (χ3n) is 4.29. The van der Waals surface area contributed by atoms with Gasteiger partial charge in [0.2, 0.25) is 5.95 Å². The van der Waals surface area contributed by atoms with Gasteiger partial charge in [-0.2, -0.15) is 4.39 Å². The van der Waals surface area contributed by atoms with Crippen LogP contribution in [-0.4, -0.2) is 27.5 Å². The number of carboxylic acid groups (broad SMARTS) is 1. The summed E-state index contributed by atoms with van der Waals surface area (Å²) in [6, 6.07) is 2.38. The van der Waals surface area contributed by atoms with Gasteiger partial charge in [0.15, 0.2) is 0 Å². The van der Waals surface area contributed by atoms with Crippen molar-refractivity contribution in [3.8, 4) is 0 Å². The Labute approximate surface area is 122 Å². The first kappa shape index (κ1) is 15.4. The molecule has 1 aromatic heterocycles. The molecule has 0 bridgehead atoms. The molecule has 2 N–H and O–H groups in total. The van der Waals surface area contributed by atoms with E-state index in [0.29, 0.717) is 18.8 Å². The van der Waals surface area contributed by atoms with E-state index in [2.05, 4.69) is 17.2 Å². The summed E-state index contributed by atoms with van der Waals surface area (Å²) in [5.41, 5.74) is -1.06. The molecule has 6 heteroatoms. The van der Waals surface area contributed by atoms with Gasteiger partial charge in [-0.1, -0.05) is 13.3 Å². The minimum absolute atomic E-state index is 0.162. The van der Waals surface area contributed by atoms with Crippen LogP contribution in [0.5, 0.6) is 0 Å². The molecule has 1 fully saturated rings. The van der Waals surface area contributed by atoms with Crippen molar-refractivity contribution in [1.82, 2.24) is 10.3 Å². The van der Waals surface area contributed by atoms with Crippen LogP contribution in [0, 0.1) is 11.9 Å². The van der Waals surface area contributed by atoms with Gasteiger partial charge in [0, 0.05) is 6.20 Å². The van der Waals surface area contributed by atoms with Crippen molar-refractivity contribution < 1.29 is 19.1 Å². The van der Waals surface area contributed by atoms with Crippen LogP contribution in [0.4, 0.5) is 4.39 Å². The van der Waals surface area contributed by atoms with Crippen LogP contribution < -0.4 is 5.32 Å². The first-order chi connectivity index (χ1) is 9.97. The zero-order valence-electron chi connectivity index (χ0n) is 11.9. The normalized spacial score (nSPS) is 25.3. The average Bonchev–Trinajstić information content (AvgIpc) is 2.48. The highest BCUT2D eigenvalue weighted by Gasteiger charge is 2.43. The number of carbonyl (C=O) groups excluding carboxylic acids is 1. The molecule has 1 aliphatic carbocycles. The van der Waals surface area contributed by atoms with Crippen molar-refractivity contribution in [2.24, 2.45) is 5.92 Å². The molecule has 21 heavy (non-hydrogen) atoms. The molecule has 1 aromatic rings. The monoisotopic (exact) mass is 294 g/mol. The molecule has 1 aliphatic rings. The van der Waals surface area contributed by atoms with E-state index in [0.717, 1.165) is 31.5 Å². The maximum Gasteiger partial charge on any atom is 0.329 e. The summed E-state index contributed by atoms with van der Waals surface area (Å²) in [5, 5.41) is 12.1. The molecule has 0 saturated heterocycles. The largest absolute Gasteiger partial charge is 0.480 e. The number of rotatable bonds is 4. The molecule has 1 heterocycles. The molecule has 0 radical (unpaired) electrons. The molecule has 0 atom stereocenters. The Morgan fingerprint density at radius 1 is 1.43 bits per heavy atom. The Balaban J connectivity index is 2.12. The smallest absolute Gasteiger partial charge is 0.329 e. The number of carboxylic acids is 1. The Morgan fingerprint density at radius 3 is 2.57 bits per heavy atom. The topological polar surface area (TPSA) is 79.3 Å². The lowest BCUT2D eigenvalue weighted by Crippen LogP contribution is -2.56. The third kappa shape index (κ3) is 3.37. The lowest BCUT2D eigenvalue weighted by Gasteiger charge is -2.37.